The molecule has 4 aromatic rings. The van der Waals surface area contributed by atoms with E-state index in [2.05, 4.69) is 45.7 Å². The molecule has 0 unspecified atom stereocenters. The largest absolute Gasteiger partial charge is 0.289 e. The molecular formula is C30H30Br2O2S2. The second-order valence-electron chi connectivity index (χ2n) is 9.75. The first-order chi connectivity index (χ1) is 17.4. The van der Waals surface area contributed by atoms with E-state index in [1.54, 1.807) is 22.7 Å². The Balaban J connectivity index is 1.50. The van der Waals surface area contributed by atoms with Gasteiger partial charge in [0, 0.05) is 61.1 Å². The highest BCUT2D eigenvalue weighted by Crippen LogP contribution is 2.43. The number of halogens is 2. The first-order valence-electron chi connectivity index (χ1n) is 13.0. The Kier molecular flexibility index (Phi) is 8.16. The van der Waals surface area contributed by atoms with Crippen LogP contribution in [0.4, 0.5) is 0 Å². The van der Waals surface area contributed by atoms with Crippen molar-refractivity contribution in [1.29, 1.82) is 0 Å². The second-order valence-corrected chi connectivity index (χ2v) is 13.6. The maximum atomic E-state index is 13.7. The lowest BCUT2D eigenvalue weighted by Gasteiger charge is -2.18. The van der Waals surface area contributed by atoms with Crippen LogP contribution in [0, 0.1) is 0 Å². The lowest BCUT2D eigenvalue weighted by molar-refractivity contribution is 0.0979. The number of unbranched alkanes of at least 4 members (excludes halogenated alkanes) is 6. The zero-order valence-corrected chi connectivity index (χ0v) is 25.6. The van der Waals surface area contributed by atoms with Gasteiger partial charge in [-0.2, -0.15) is 0 Å². The van der Waals surface area contributed by atoms with E-state index in [0.29, 0.717) is 22.3 Å². The molecule has 0 spiro atoms. The molecule has 1 aliphatic rings. The molecule has 6 heteroatoms. The fourth-order valence-electron chi connectivity index (χ4n) is 5.11. The summed E-state index contributed by atoms with van der Waals surface area (Å²) in [6, 6.07) is 7.78. The summed E-state index contributed by atoms with van der Waals surface area (Å²) in [6.07, 6.45) is 11.8. The van der Waals surface area contributed by atoms with Crippen molar-refractivity contribution in [1.82, 2.24) is 0 Å². The number of ketones is 2. The summed E-state index contributed by atoms with van der Waals surface area (Å²) < 4.78 is 4.31. The number of hydrogen-bond donors (Lipinski definition) is 0. The third-order valence-corrected chi connectivity index (χ3v) is 11.9. The van der Waals surface area contributed by atoms with Gasteiger partial charge in [-0.05, 0) is 81.8 Å². The van der Waals surface area contributed by atoms with Gasteiger partial charge >= 0.3 is 0 Å². The fourth-order valence-corrected chi connectivity index (χ4v) is 9.23. The van der Waals surface area contributed by atoms with Gasteiger partial charge in [-0.1, -0.05) is 52.4 Å². The van der Waals surface area contributed by atoms with Gasteiger partial charge in [-0.25, -0.2) is 0 Å². The Morgan fingerprint density at radius 3 is 1.36 bits per heavy atom. The Labute approximate surface area is 237 Å². The number of rotatable bonds is 10. The van der Waals surface area contributed by atoms with E-state index in [9.17, 15) is 9.59 Å². The molecule has 0 bridgehead atoms. The van der Waals surface area contributed by atoms with Crippen LogP contribution in [0.2, 0.25) is 0 Å². The van der Waals surface area contributed by atoms with E-state index in [4.69, 9.17) is 0 Å². The topological polar surface area (TPSA) is 34.1 Å². The van der Waals surface area contributed by atoms with Crippen LogP contribution in [-0.4, -0.2) is 11.6 Å². The van der Waals surface area contributed by atoms with Crippen LogP contribution in [0.15, 0.2) is 33.2 Å². The number of fused-ring (bicyclic) bond motifs is 4. The van der Waals surface area contributed by atoms with Gasteiger partial charge in [0.05, 0.1) is 0 Å². The molecular weight excluding hydrogens is 616 g/mol. The normalized spacial score (nSPS) is 13.1. The zero-order chi connectivity index (χ0) is 25.4. The van der Waals surface area contributed by atoms with Gasteiger partial charge in [-0.3, -0.25) is 9.59 Å². The molecule has 1 aliphatic carbocycles. The fraction of sp³-hybridized carbons (Fsp3) is 0.400. The summed E-state index contributed by atoms with van der Waals surface area (Å²) in [5.74, 6) is -0.0833. The quantitative estimate of drug-likeness (QED) is 0.142. The number of carbonyl (C=O) groups is 2. The Morgan fingerprint density at radius 2 is 0.972 bits per heavy atom. The molecule has 0 N–H and O–H groups in total. The number of aryl methyl sites for hydroxylation is 2. The van der Waals surface area contributed by atoms with Gasteiger partial charge in [0.1, 0.15) is 0 Å². The maximum Gasteiger partial charge on any atom is 0.194 e. The molecule has 0 amide bonds. The smallest absolute Gasteiger partial charge is 0.194 e. The number of benzene rings is 2. The zero-order valence-electron chi connectivity index (χ0n) is 20.8. The molecule has 0 atom stereocenters. The van der Waals surface area contributed by atoms with E-state index in [1.807, 2.05) is 24.3 Å². The van der Waals surface area contributed by atoms with Crippen LogP contribution in [0.5, 0.6) is 0 Å². The minimum absolute atomic E-state index is 0.0417. The van der Waals surface area contributed by atoms with Crippen molar-refractivity contribution in [3.63, 3.8) is 0 Å². The van der Waals surface area contributed by atoms with E-state index in [-0.39, 0.29) is 11.6 Å². The van der Waals surface area contributed by atoms with E-state index < -0.39 is 0 Å². The average molecular weight is 647 g/mol. The SMILES string of the molecule is CCCCCCc1sc2cc3c(cc2c1Br)C(=O)c1cc2sc(CCCCCC)c(Br)c2cc1C3=O. The van der Waals surface area contributed by atoms with Crippen LogP contribution in [0.25, 0.3) is 20.2 Å². The van der Waals surface area contributed by atoms with E-state index in [1.165, 1.54) is 48.3 Å². The predicted octanol–water partition coefficient (Wildman–Crippen LogP) is 10.7. The summed E-state index contributed by atoms with van der Waals surface area (Å²) in [6.45, 7) is 4.45. The first kappa shape index (κ1) is 26.3. The standard InChI is InChI=1S/C30H30Br2O2S2/c1-3-5-7-9-11-23-27(31)21-13-17-19(15-25(21)35-23)30(34)18-14-22-26(16-20(18)29(17)33)36-24(28(22)32)12-10-8-6-4-2/h13-16H,3-12H2,1-2H3. The Bertz CT molecular complexity index is 1370. The molecule has 2 nitrogen and oxygen atoms in total. The lowest BCUT2D eigenvalue weighted by Crippen LogP contribution is -2.20. The minimum atomic E-state index is -0.0417. The van der Waals surface area contributed by atoms with Crippen LogP contribution < -0.4 is 0 Å². The van der Waals surface area contributed by atoms with Gasteiger partial charge in [0.15, 0.2) is 11.6 Å². The van der Waals surface area contributed by atoms with Crippen molar-refractivity contribution in [2.45, 2.75) is 78.1 Å². The van der Waals surface area contributed by atoms with Crippen molar-refractivity contribution < 1.29 is 9.59 Å². The number of carbonyl (C=O) groups excluding carboxylic acids is 2. The molecule has 0 aliphatic heterocycles. The van der Waals surface area contributed by atoms with Gasteiger partial charge in [0.25, 0.3) is 0 Å². The summed E-state index contributed by atoms with van der Waals surface area (Å²) >= 11 is 11.1. The van der Waals surface area contributed by atoms with Crippen molar-refractivity contribution in [3.8, 4) is 0 Å². The van der Waals surface area contributed by atoms with Gasteiger partial charge in [-0.15, -0.1) is 22.7 Å². The highest BCUT2D eigenvalue weighted by atomic mass is 79.9. The van der Waals surface area contributed by atoms with Crippen molar-refractivity contribution >= 4 is 86.3 Å². The predicted molar refractivity (Wildman–Crippen MR) is 162 cm³/mol. The van der Waals surface area contributed by atoms with Crippen molar-refractivity contribution in [2.24, 2.45) is 0 Å². The highest BCUT2D eigenvalue weighted by molar-refractivity contribution is 9.11. The molecule has 0 saturated heterocycles. The molecule has 0 radical (unpaired) electrons. The lowest BCUT2D eigenvalue weighted by atomic mass is 9.83. The summed E-state index contributed by atoms with van der Waals surface area (Å²) in [7, 11) is 0. The second kappa shape index (κ2) is 11.2. The average Bonchev–Trinajstić information content (AvgIpc) is 3.36. The monoisotopic (exact) mass is 644 g/mol. The van der Waals surface area contributed by atoms with E-state index in [0.717, 1.165) is 54.8 Å². The number of thiophene rings is 2. The van der Waals surface area contributed by atoms with Crippen LogP contribution in [0.3, 0.4) is 0 Å². The van der Waals surface area contributed by atoms with Crippen LogP contribution in [0.1, 0.15) is 107 Å². The Morgan fingerprint density at radius 1 is 0.583 bits per heavy atom. The van der Waals surface area contributed by atoms with Crippen LogP contribution in [-0.2, 0) is 12.8 Å². The summed E-state index contributed by atoms with van der Waals surface area (Å²) in [5.41, 5.74) is 2.14. The molecule has 2 heterocycles. The molecule has 0 fully saturated rings. The van der Waals surface area contributed by atoms with Gasteiger partial charge < -0.3 is 0 Å². The third kappa shape index (κ3) is 4.79. The Hall–Kier alpha value is -1.34. The first-order valence-corrected chi connectivity index (χ1v) is 16.3. The summed E-state index contributed by atoms with van der Waals surface area (Å²) in [4.78, 5) is 29.9. The molecule has 5 rings (SSSR count). The third-order valence-electron chi connectivity index (χ3n) is 7.16. The molecule has 188 valence electrons. The van der Waals surface area contributed by atoms with Crippen molar-refractivity contribution in [3.05, 3.63) is 65.2 Å². The molecule has 2 aromatic carbocycles. The highest BCUT2D eigenvalue weighted by Gasteiger charge is 2.32. The number of hydrogen-bond acceptors (Lipinski definition) is 4. The van der Waals surface area contributed by atoms with Gasteiger partial charge in [0.2, 0.25) is 0 Å². The molecule has 36 heavy (non-hydrogen) atoms. The molecule has 0 saturated carbocycles. The minimum Gasteiger partial charge on any atom is -0.289 e. The summed E-state index contributed by atoms with van der Waals surface area (Å²) in [5, 5.41) is 2.09. The van der Waals surface area contributed by atoms with Crippen molar-refractivity contribution in [2.75, 3.05) is 0 Å². The maximum absolute atomic E-state index is 13.7. The molecule has 2 aromatic heterocycles. The van der Waals surface area contributed by atoms with E-state index >= 15 is 0 Å². The van der Waals surface area contributed by atoms with Crippen LogP contribution >= 0.6 is 54.5 Å².